The molecule has 0 fully saturated rings. The number of rotatable bonds is 43. The largest absolute Gasteiger partial charge is 0.462 e. The van der Waals surface area contributed by atoms with Gasteiger partial charge in [0, 0.05) is 6.42 Å². The van der Waals surface area contributed by atoms with Crippen LogP contribution >= 0.6 is 0 Å². The average molecular weight is 800 g/mol. The quantitative estimate of drug-likeness (QED) is 0.0247. The molecule has 3 N–H and O–H groups in total. The highest BCUT2D eigenvalue weighted by Crippen LogP contribution is 2.16. The highest BCUT2D eigenvalue weighted by Gasteiger charge is 2.23. The Kier molecular flexibility index (Phi) is 43.2. The van der Waals surface area contributed by atoms with Gasteiger partial charge in [0.2, 0.25) is 5.91 Å². The van der Waals surface area contributed by atoms with Crippen LogP contribution in [-0.4, -0.2) is 46.9 Å². The number of unbranched alkanes of at least 4 members (excludes halogenated alkanes) is 24. The number of nitrogens with one attached hydrogen (secondary N) is 1. The van der Waals surface area contributed by atoms with Crippen LogP contribution in [0.5, 0.6) is 0 Å². The predicted molar refractivity (Wildman–Crippen MR) is 245 cm³/mol. The van der Waals surface area contributed by atoms with Crippen molar-refractivity contribution in [2.75, 3.05) is 6.61 Å². The third-order valence-corrected chi connectivity index (χ3v) is 10.9. The van der Waals surface area contributed by atoms with Crippen LogP contribution in [0.1, 0.15) is 239 Å². The van der Waals surface area contributed by atoms with Gasteiger partial charge < -0.3 is 20.3 Å². The molecule has 0 bridgehead atoms. The molecule has 57 heavy (non-hydrogen) atoms. The molecule has 0 aromatic carbocycles. The van der Waals surface area contributed by atoms with Crippen molar-refractivity contribution in [2.45, 2.75) is 257 Å². The molecule has 0 aromatic heterocycles. The van der Waals surface area contributed by atoms with Gasteiger partial charge >= 0.3 is 5.97 Å². The smallest absolute Gasteiger partial charge is 0.306 e. The molecule has 0 aromatic rings. The number of esters is 1. The Morgan fingerprint density at radius 1 is 0.526 bits per heavy atom. The van der Waals surface area contributed by atoms with Gasteiger partial charge in [-0.3, -0.25) is 9.59 Å². The molecule has 0 heterocycles. The van der Waals surface area contributed by atoms with E-state index in [0.717, 1.165) is 51.4 Å². The predicted octanol–water partition coefficient (Wildman–Crippen LogP) is 14.3. The van der Waals surface area contributed by atoms with E-state index in [1.54, 1.807) is 0 Å². The van der Waals surface area contributed by atoms with Gasteiger partial charge in [-0.2, -0.15) is 0 Å². The SMILES string of the molecule is CCCCCCCC/C=C\C/C=C/CCC(=O)OC(CCC/C=C/C=C/CCCCCCCCC)CC(=O)NC(CO)C(O)CCCCCCCCCCCCC. The fraction of sp³-hybridized carbons (Fsp3) is 0.804. The van der Waals surface area contributed by atoms with Crippen molar-refractivity contribution in [3.05, 3.63) is 48.6 Å². The number of allylic oxidation sites excluding steroid dienone is 8. The van der Waals surface area contributed by atoms with Crippen LogP contribution in [0.25, 0.3) is 0 Å². The summed E-state index contributed by atoms with van der Waals surface area (Å²) < 4.78 is 5.85. The maximum absolute atomic E-state index is 13.1. The van der Waals surface area contributed by atoms with Crippen molar-refractivity contribution in [1.82, 2.24) is 5.32 Å². The van der Waals surface area contributed by atoms with Crippen molar-refractivity contribution < 1.29 is 24.5 Å². The lowest BCUT2D eigenvalue weighted by molar-refractivity contribution is -0.150. The summed E-state index contributed by atoms with van der Waals surface area (Å²) in [6.07, 6.45) is 53.3. The Hall–Kier alpha value is -2.18. The summed E-state index contributed by atoms with van der Waals surface area (Å²) in [4.78, 5) is 26.0. The molecule has 0 spiro atoms. The van der Waals surface area contributed by atoms with E-state index in [-0.39, 0.29) is 31.3 Å². The van der Waals surface area contributed by atoms with Gasteiger partial charge in [0.05, 0.1) is 25.2 Å². The van der Waals surface area contributed by atoms with E-state index < -0.39 is 18.2 Å². The summed E-state index contributed by atoms with van der Waals surface area (Å²) in [7, 11) is 0. The summed E-state index contributed by atoms with van der Waals surface area (Å²) in [6.45, 7) is 6.43. The topological polar surface area (TPSA) is 95.9 Å². The Morgan fingerprint density at radius 2 is 0.965 bits per heavy atom. The number of amides is 1. The molecule has 6 heteroatoms. The number of aliphatic hydroxyl groups is 2. The fourth-order valence-corrected chi connectivity index (χ4v) is 7.19. The zero-order chi connectivity index (χ0) is 41.7. The lowest BCUT2D eigenvalue weighted by Crippen LogP contribution is -2.46. The number of carbonyl (C=O) groups excluding carboxylic acids is 2. The van der Waals surface area contributed by atoms with Crippen molar-refractivity contribution in [3.8, 4) is 0 Å². The van der Waals surface area contributed by atoms with Gasteiger partial charge in [0.1, 0.15) is 6.10 Å². The molecule has 0 rings (SSSR count). The van der Waals surface area contributed by atoms with Crippen LogP contribution in [0.3, 0.4) is 0 Å². The second-order valence-electron chi connectivity index (χ2n) is 16.5. The van der Waals surface area contributed by atoms with Crippen LogP contribution in [-0.2, 0) is 14.3 Å². The van der Waals surface area contributed by atoms with Gasteiger partial charge in [-0.1, -0.05) is 211 Å². The molecule has 0 aliphatic heterocycles. The molecule has 0 aliphatic carbocycles. The molecule has 3 atom stereocenters. The molecule has 0 saturated carbocycles. The molecule has 6 nitrogen and oxygen atoms in total. The van der Waals surface area contributed by atoms with Gasteiger partial charge in [-0.25, -0.2) is 0 Å². The van der Waals surface area contributed by atoms with Gasteiger partial charge in [0.25, 0.3) is 0 Å². The van der Waals surface area contributed by atoms with E-state index in [1.807, 2.05) is 6.08 Å². The van der Waals surface area contributed by atoms with E-state index in [2.05, 4.69) is 68.6 Å². The summed E-state index contributed by atoms with van der Waals surface area (Å²) in [5.74, 6) is -0.601. The molecule has 1 amide bonds. The number of ether oxygens (including phenoxy) is 1. The van der Waals surface area contributed by atoms with E-state index in [4.69, 9.17) is 4.74 Å². The number of hydrogen-bond acceptors (Lipinski definition) is 5. The fourth-order valence-electron chi connectivity index (χ4n) is 7.19. The summed E-state index contributed by atoms with van der Waals surface area (Å²) in [5.41, 5.74) is 0. The van der Waals surface area contributed by atoms with E-state index in [1.165, 1.54) is 135 Å². The van der Waals surface area contributed by atoms with E-state index in [9.17, 15) is 19.8 Å². The van der Waals surface area contributed by atoms with Crippen molar-refractivity contribution in [3.63, 3.8) is 0 Å². The number of hydrogen-bond donors (Lipinski definition) is 3. The van der Waals surface area contributed by atoms with Crippen molar-refractivity contribution in [1.29, 1.82) is 0 Å². The van der Waals surface area contributed by atoms with Crippen LogP contribution in [0, 0.1) is 0 Å². The Balaban J connectivity index is 4.74. The number of aliphatic hydroxyl groups excluding tert-OH is 2. The number of carbonyl (C=O) groups is 2. The maximum Gasteiger partial charge on any atom is 0.306 e. The zero-order valence-electron chi connectivity index (χ0n) is 37.7. The Labute approximate surface area is 353 Å². The first-order valence-corrected chi connectivity index (χ1v) is 24.4. The van der Waals surface area contributed by atoms with Gasteiger partial charge in [-0.15, -0.1) is 0 Å². The first kappa shape index (κ1) is 54.8. The second kappa shape index (κ2) is 44.9. The minimum atomic E-state index is -0.806. The van der Waals surface area contributed by atoms with Crippen molar-refractivity contribution in [2.24, 2.45) is 0 Å². The summed E-state index contributed by atoms with van der Waals surface area (Å²) >= 11 is 0. The summed E-state index contributed by atoms with van der Waals surface area (Å²) in [6, 6.07) is -0.724. The Morgan fingerprint density at radius 3 is 1.47 bits per heavy atom. The third kappa shape index (κ3) is 40.4. The van der Waals surface area contributed by atoms with Crippen LogP contribution in [0.2, 0.25) is 0 Å². The van der Waals surface area contributed by atoms with Crippen LogP contribution in [0.15, 0.2) is 48.6 Å². The minimum Gasteiger partial charge on any atom is -0.462 e. The second-order valence-corrected chi connectivity index (χ2v) is 16.5. The monoisotopic (exact) mass is 800 g/mol. The van der Waals surface area contributed by atoms with Gasteiger partial charge in [0.15, 0.2) is 0 Å². The zero-order valence-corrected chi connectivity index (χ0v) is 37.7. The van der Waals surface area contributed by atoms with Crippen molar-refractivity contribution >= 4 is 11.9 Å². The standard InChI is InChI=1S/C51H93NO5/c1-4-7-10-13-16-19-22-24-26-28-30-33-36-39-42-47(57-51(56)44-41-38-35-32-29-25-23-20-17-14-11-8-5-2)45-50(55)52-48(46-53)49(54)43-40-37-34-31-27-21-18-15-12-9-6-3/h25-26,28-30,33,35,38,47-49,53-54H,4-24,27,31-32,34,36-37,39-46H2,1-3H3,(H,52,55)/b28-26+,29-25-,33-30+,38-35+. The molecule has 332 valence electrons. The molecule has 0 aliphatic rings. The highest BCUT2D eigenvalue weighted by atomic mass is 16.5. The minimum absolute atomic E-state index is 0.0225. The van der Waals surface area contributed by atoms with E-state index in [0.29, 0.717) is 19.3 Å². The molecule has 0 saturated heterocycles. The summed E-state index contributed by atoms with van der Waals surface area (Å²) in [5, 5.41) is 23.6. The molecular weight excluding hydrogens is 707 g/mol. The first-order chi connectivity index (χ1) is 28.0. The first-order valence-electron chi connectivity index (χ1n) is 24.4. The average Bonchev–Trinajstić information content (AvgIpc) is 3.20. The normalized spacial score (nSPS) is 13.7. The Bertz CT molecular complexity index is 988. The lowest BCUT2D eigenvalue weighted by Gasteiger charge is -2.24. The molecular formula is C51H93NO5. The molecule has 0 radical (unpaired) electrons. The van der Waals surface area contributed by atoms with Crippen LogP contribution in [0.4, 0.5) is 0 Å². The maximum atomic E-state index is 13.1. The molecule has 3 unspecified atom stereocenters. The van der Waals surface area contributed by atoms with Crippen LogP contribution < -0.4 is 5.32 Å². The van der Waals surface area contributed by atoms with Gasteiger partial charge in [-0.05, 0) is 64.2 Å². The third-order valence-electron chi connectivity index (χ3n) is 10.9. The highest BCUT2D eigenvalue weighted by molar-refractivity contribution is 5.77. The van der Waals surface area contributed by atoms with E-state index >= 15 is 0 Å². The lowest BCUT2D eigenvalue weighted by atomic mass is 10.0.